The highest BCUT2D eigenvalue weighted by Gasteiger charge is 2.15. The highest BCUT2D eigenvalue weighted by Crippen LogP contribution is 2.14. The lowest BCUT2D eigenvalue weighted by Gasteiger charge is -2.23. The molecule has 5 nitrogen and oxygen atoms in total. The largest absolute Gasteiger partial charge is 0.330 e. The van der Waals surface area contributed by atoms with Crippen molar-refractivity contribution in [1.29, 1.82) is 5.26 Å². The maximum Gasteiger partial charge on any atom is 0.319 e. The van der Waals surface area contributed by atoms with Gasteiger partial charge in [-0.2, -0.15) is 5.26 Å². The van der Waals surface area contributed by atoms with Crippen molar-refractivity contribution in [1.82, 2.24) is 10.2 Å². The van der Waals surface area contributed by atoms with E-state index in [2.05, 4.69) is 10.6 Å². The molecule has 1 atom stereocenters. The Kier molecular flexibility index (Phi) is 5.73. The summed E-state index contributed by atoms with van der Waals surface area (Å²) in [5.74, 6) is 0. The second-order valence-corrected chi connectivity index (χ2v) is 5.51. The molecule has 0 heterocycles. The molecule has 0 aliphatic rings. The standard InChI is InChI=1S/C18H20N4O/c1-22(2)13-17(15-6-4-3-5-7-15)21-18(23)20-16-10-8-14(12-19)9-11-16/h3-11,17H,13H2,1-2H3,(H2,20,21,23). The molecule has 0 bridgehead atoms. The number of benzene rings is 2. The van der Waals surface area contributed by atoms with E-state index in [1.165, 1.54) is 0 Å². The number of likely N-dealkylation sites (N-methyl/N-ethyl adjacent to an activating group) is 1. The highest BCUT2D eigenvalue weighted by atomic mass is 16.2. The molecule has 0 fully saturated rings. The summed E-state index contributed by atoms with van der Waals surface area (Å²) in [6.45, 7) is 0.699. The molecule has 2 rings (SSSR count). The minimum atomic E-state index is -0.273. The minimum Gasteiger partial charge on any atom is -0.330 e. The van der Waals surface area contributed by atoms with Crippen LogP contribution in [0.25, 0.3) is 0 Å². The molecule has 2 amide bonds. The van der Waals surface area contributed by atoms with Gasteiger partial charge in [0.1, 0.15) is 0 Å². The number of hydrogen-bond donors (Lipinski definition) is 2. The molecule has 0 spiro atoms. The summed E-state index contributed by atoms with van der Waals surface area (Å²) in [5, 5.41) is 14.6. The van der Waals surface area contributed by atoms with E-state index >= 15 is 0 Å². The molecule has 0 aromatic heterocycles. The Bertz CT molecular complexity index is 674. The molecule has 0 radical (unpaired) electrons. The Balaban J connectivity index is 2.03. The average Bonchev–Trinajstić information content (AvgIpc) is 2.55. The van der Waals surface area contributed by atoms with Gasteiger partial charge < -0.3 is 15.5 Å². The van der Waals surface area contributed by atoms with E-state index in [1.54, 1.807) is 24.3 Å². The average molecular weight is 308 g/mol. The van der Waals surface area contributed by atoms with Crippen LogP contribution in [0, 0.1) is 11.3 Å². The van der Waals surface area contributed by atoms with Gasteiger partial charge in [-0.05, 0) is 43.9 Å². The van der Waals surface area contributed by atoms with Crippen molar-refractivity contribution >= 4 is 11.7 Å². The number of carbonyl (C=O) groups excluding carboxylic acids is 1. The zero-order valence-corrected chi connectivity index (χ0v) is 13.3. The van der Waals surface area contributed by atoms with E-state index in [4.69, 9.17) is 5.26 Å². The van der Waals surface area contributed by atoms with Crippen LogP contribution in [0.1, 0.15) is 17.2 Å². The fourth-order valence-electron chi connectivity index (χ4n) is 2.24. The summed E-state index contributed by atoms with van der Waals surface area (Å²) in [6, 6.07) is 18.3. The summed E-state index contributed by atoms with van der Waals surface area (Å²) in [4.78, 5) is 14.3. The van der Waals surface area contributed by atoms with Gasteiger partial charge >= 0.3 is 6.03 Å². The second-order valence-electron chi connectivity index (χ2n) is 5.51. The quantitative estimate of drug-likeness (QED) is 0.892. The maximum absolute atomic E-state index is 12.2. The third kappa shape index (κ3) is 5.13. The molecule has 2 aromatic rings. The zero-order chi connectivity index (χ0) is 16.7. The Morgan fingerprint density at radius 2 is 1.78 bits per heavy atom. The van der Waals surface area contributed by atoms with E-state index in [1.807, 2.05) is 55.4 Å². The number of anilines is 1. The molecule has 0 saturated carbocycles. The van der Waals surface area contributed by atoms with E-state index in [0.717, 1.165) is 5.56 Å². The molecule has 1 unspecified atom stereocenters. The van der Waals surface area contributed by atoms with Crippen molar-refractivity contribution in [3.8, 4) is 6.07 Å². The Labute approximate surface area is 136 Å². The number of hydrogen-bond acceptors (Lipinski definition) is 3. The van der Waals surface area contributed by atoms with Gasteiger partial charge in [0.15, 0.2) is 0 Å². The predicted octanol–water partition coefficient (Wildman–Crippen LogP) is 2.98. The van der Waals surface area contributed by atoms with Gasteiger partial charge in [0.05, 0.1) is 17.7 Å². The Morgan fingerprint density at radius 1 is 1.13 bits per heavy atom. The van der Waals surface area contributed by atoms with E-state index in [-0.39, 0.29) is 12.1 Å². The molecule has 23 heavy (non-hydrogen) atoms. The summed E-state index contributed by atoms with van der Waals surface area (Å²) in [5.41, 5.74) is 2.26. The smallest absolute Gasteiger partial charge is 0.319 e. The lowest BCUT2D eigenvalue weighted by Crippen LogP contribution is -2.37. The van der Waals surface area contributed by atoms with Gasteiger partial charge in [-0.1, -0.05) is 30.3 Å². The summed E-state index contributed by atoms with van der Waals surface area (Å²) >= 11 is 0. The fraction of sp³-hybridized carbons (Fsp3) is 0.222. The lowest BCUT2D eigenvalue weighted by molar-refractivity contribution is 0.244. The van der Waals surface area contributed by atoms with Crippen LogP contribution in [-0.4, -0.2) is 31.6 Å². The van der Waals surface area contributed by atoms with Gasteiger partial charge in [-0.3, -0.25) is 0 Å². The molecule has 2 aromatic carbocycles. The van der Waals surface area contributed by atoms with Crippen LogP contribution in [0.2, 0.25) is 0 Å². The first-order valence-corrected chi connectivity index (χ1v) is 7.36. The zero-order valence-electron chi connectivity index (χ0n) is 13.3. The fourth-order valence-corrected chi connectivity index (χ4v) is 2.24. The van der Waals surface area contributed by atoms with Crippen LogP contribution in [0.4, 0.5) is 10.5 Å². The normalized spacial score (nSPS) is 11.6. The lowest BCUT2D eigenvalue weighted by atomic mass is 10.1. The second kappa shape index (κ2) is 7.97. The van der Waals surface area contributed by atoms with Crippen LogP contribution < -0.4 is 10.6 Å². The third-order valence-corrected chi connectivity index (χ3v) is 3.33. The van der Waals surface area contributed by atoms with Crippen LogP contribution in [-0.2, 0) is 0 Å². The summed E-state index contributed by atoms with van der Waals surface area (Å²) in [6.07, 6.45) is 0. The van der Waals surface area contributed by atoms with E-state index in [0.29, 0.717) is 17.8 Å². The maximum atomic E-state index is 12.2. The monoisotopic (exact) mass is 308 g/mol. The van der Waals surface area contributed by atoms with Crippen LogP contribution in [0.3, 0.4) is 0 Å². The number of carbonyl (C=O) groups is 1. The highest BCUT2D eigenvalue weighted by molar-refractivity contribution is 5.89. The molecular formula is C18H20N4O. The number of rotatable bonds is 5. The van der Waals surface area contributed by atoms with Crippen molar-refractivity contribution < 1.29 is 4.79 Å². The van der Waals surface area contributed by atoms with Crippen molar-refractivity contribution in [3.63, 3.8) is 0 Å². The van der Waals surface area contributed by atoms with Gasteiger partial charge in [0.2, 0.25) is 0 Å². The van der Waals surface area contributed by atoms with Gasteiger partial charge in [-0.25, -0.2) is 4.79 Å². The molecular weight excluding hydrogens is 288 g/mol. The first-order chi connectivity index (χ1) is 11.1. The summed E-state index contributed by atoms with van der Waals surface area (Å²) in [7, 11) is 3.94. The molecule has 118 valence electrons. The SMILES string of the molecule is CN(C)CC(NC(=O)Nc1ccc(C#N)cc1)c1ccccc1. The first-order valence-electron chi connectivity index (χ1n) is 7.36. The van der Waals surface area contributed by atoms with E-state index in [9.17, 15) is 4.79 Å². The van der Waals surface area contributed by atoms with E-state index < -0.39 is 0 Å². The minimum absolute atomic E-state index is 0.107. The Hall–Kier alpha value is -2.84. The van der Waals surface area contributed by atoms with Crippen molar-refractivity contribution in [2.45, 2.75) is 6.04 Å². The van der Waals surface area contributed by atoms with Crippen LogP contribution >= 0.6 is 0 Å². The van der Waals surface area contributed by atoms with Crippen LogP contribution in [0.5, 0.6) is 0 Å². The van der Waals surface area contributed by atoms with Gasteiger partial charge in [0.25, 0.3) is 0 Å². The summed E-state index contributed by atoms with van der Waals surface area (Å²) < 4.78 is 0. The number of nitriles is 1. The third-order valence-electron chi connectivity index (χ3n) is 3.33. The number of urea groups is 1. The molecule has 0 saturated heterocycles. The molecule has 2 N–H and O–H groups in total. The van der Waals surface area contributed by atoms with Crippen molar-refractivity contribution in [3.05, 3.63) is 65.7 Å². The van der Waals surface area contributed by atoms with Gasteiger partial charge in [-0.15, -0.1) is 0 Å². The molecule has 0 aliphatic carbocycles. The molecule has 0 aliphatic heterocycles. The number of amides is 2. The van der Waals surface area contributed by atoms with Crippen LogP contribution in [0.15, 0.2) is 54.6 Å². The Morgan fingerprint density at radius 3 is 2.35 bits per heavy atom. The number of nitrogens with one attached hydrogen (secondary N) is 2. The number of nitrogens with zero attached hydrogens (tertiary/aromatic N) is 2. The van der Waals surface area contributed by atoms with Crippen molar-refractivity contribution in [2.24, 2.45) is 0 Å². The predicted molar refractivity (Wildman–Crippen MR) is 91.0 cm³/mol. The van der Waals surface area contributed by atoms with Gasteiger partial charge in [0, 0.05) is 12.2 Å². The van der Waals surface area contributed by atoms with Crippen molar-refractivity contribution in [2.75, 3.05) is 26.0 Å². The topological polar surface area (TPSA) is 68.2 Å². The molecule has 5 heteroatoms. The first kappa shape index (κ1) is 16.5.